The van der Waals surface area contributed by atoms with Crippen LogP contribution in [0.1, 0.15) is 18.6 Å². The molecule has 0 saturated heterocycles. The molecule has 1 aromatic rings. The number of aliphatic hydroxyl groups excluding tert-OH is 1. The van der Waals surface area contributed by atoms with Crippen molar-refractivity contribution < 1.29 is 5.11 Å². The van der Waals surface area contributed by atoms with Crippen LogP contribution in [0, 0.1) is 0 Å². The first-order chi connectivity index (χ1) is 5.61. The van der Waals surface area contributed by atoms with Crippen LogP contribution >= 0.6 is 24.0 Å². The zero-order valence-corrected chi connectivity index (χ0v) is 8.85. The summed E-state index contributed by atoms with van der Waals surface area (Å²) in [6, 6.07) is 6.77. The first-order valence-corrected chi connectivity index (χ1v) is 4.18. The van der Waals surface area contributed by atoms with Gasteiger partial charge in [0.1, 0.15) is 0 Å². The average Bonchev–Trinajstić information content (AvgIpc) is 2.04. The Morgan fingerprint density at radius 1 is 1.31 bits per heavy atom. The van der Waals surface area contributed by atoms with Crippen molar-refractivity contribution in [3.8, 4) is 0 Å². The van der Waals surface area contributed by atoms with Crippen LogP contribution in [0.3, 0.4) is 0 Å². The van der Waals surface area contributed by atoms with Gasteiger partial charge in [-0.3, -0.25) is 0 Å². The molecule has 2 atom stereocenters. The maximum Gasteiger partial charge on any atom is 0.0938 e. The Labute approximate surface area is 89.1 Å². The molecule has 1 aromatic carbocycles. The highest BCUT2D eigenvalue weighted by Gasteiger charge is 2.11. The third kappa shape index (κ3) is 3.53. The highest BCUT2D eigenvalue weighted by Crippen LogP contribution is 2.17. The van der Waals surface area contributed by atoms with Gasteiger partial charge in [0.25, 0.3) is 0 Å². The summed E-state index contributed by atoms with van der Waals surface area (Å²) in [6.07, 6.45) is -0.609. The maximum absolute atomic E-state index is 9.52. The van der Waals surface area contributed by atoms with Gasteiger partial charge >= 0.3 is 0 Å². The molecule has 2 nitrogen and oxygen atoms in total. The van der Waals surface area contributed by atoms with Crippen molar-refractivity contribution in [1.29, 1.82) is 0 Å². The van der Waals surface area contributed by atoms with Gasteiger partial charge in [-0.1, -0.05) is 23.7 Å². The minimum absolute atomic E-state index is 0. The summed E-state index contributed by atoms with van der Waals surface area (Å²) in [5.41, 5.74) is 6.32. The van der Waals surface area contributed by atoms with Crippen molar-refractivity contribution in [2.75, 3.05) is 0 Å². The second kappa shape index (κ2) is 5.45. The van der Waals surface area contributed by atoms with Crippen LogP contribution in [0.4, 0.5) is 0 Å². The molecule has 0 aliphatic carbocycles. The SMILES string of the molecule is C[C@H](N)[C@@H](O)c1ccc(Cl)cc1.Cl. The Balaban J connectivity index is 0.00000144. The second-order valence-electron chi connectivity index (χ2n) is 2.86. The molecule has 0 heterocycles. The fraction of sp³-hybridized carbons (Fsp3) is 0.333. The van der Waals surface area contributed by atoms with Crippen molar-refractivity contribution in [2.24, 2.45) is 5.73 Å². The normalized spacial score (nSPS) is 14.5. The van der Waals surface area contributed by atoms with Crippen molar-refractivity contribution in [3.63, 3.8) is 0 Å². The third-order valence-corrected chi connectivity index (χ3v) is 1.96. The smallest absolute Gasteiger partial charge is 0.0938 e. The van der Waals surface area contributed by atoms with Gasteiger partial charge in [0.15, 0.2) is 0 Å². The van der Waals surface area contributed by atoms with Gasteiger partial charge in [-0.15, -0.1) is 12.4 Å². The zero-order chi connectivity index (χ0) is 9.14. The molecule has 3 N–H and O–H groups in total. The van der Waals surface area contributed by atoms with Crippen LogP contribution in [-0.4, -0.2) is 11.1 Å². The molecule has 4 heteroatoms. The topological polar surface area (TPSA) is 46.2 Å². The molecular weight excluding hydrogens is 209 g/mol. The van der Waals surface area contributed by atoms with Crippen LogP contribution in [0.25, 0.3) is 0 Å². The minimum Gasteiger partial charge on any atom is -0.387 e. The number of aliphatic hydroxyl groups is 1. The minimum atomic E-state index is -0.609. The summed E-state index contributed by atoms with van der Waals surface area (Å²) in [4.78, 5) is 0. The lowest BCUT2D eigenvalue weighted by Gasteiger charge is -2.14. The van der Waals surface area contributed by atoms with Crippen LogP contribution < -0.4 is 5.73 Å². The van der Waals surface area contributed by atoms with Gasteiger partial charge < -0.3 is 10.8 Å². The number of hydrogen-bond donors (Lipinski definition) is 2. The fourth-order valence-corrected chi connectivity index (χ4v) is 1.09. The van der Waals surface area contributed by atoms with Crippen LogP contribution in [0.15, 0.2) is 24.3 Å². The van der Waals surface area contributed by atoms with Gasteiger partial charge in [-0.25, -0.2) is 0 Å². The molecule has 0 aliphatic rings. The van der Waals surface area contributed by atoms with E-state index in [2.05, 4.69) is 0 Å². The molecule has 0 bridgehead atoms. The molecular formula is C9H13Cl2NO. The molecule has 0 unspecified atom stereocenters. The van der Waals surface area contributed by atoms with E-state index in [9.17, 15) is 5.11 Å². The predicted octanol–water partition coefficient (Wildman–Crippen LogP) is 2.14. The lowest BCUT2D eigenvalue weighted by atomic mass is 10.0. The van der Waals surface area contributed by atoms with Gasteiger partial charge in [-0.05, 0) is 24.6 Å². The van der Waals surface area contributed by atoms with E-state index in [1.165, 1.54) is 0 Å². The third-order valence-electron chi connectivity index (χ3n) is 1.71. The van der Waals surface area contributed by atoms with Crippen molar-refractivity contribution in [2.45, 2.75) is 19.1 Å². The van der Waals surface area contributed by atoms with Gasteiger partial charge in [0.2, 0.25) is 0 Å². The maximum atomic E-state index is 9.52. The van der Waals surface area contributed by atoms with Crippen LogP contribution in [-0.2, 0) is 0 Å². The predicted molar refractivity (Wildman–Crippen MR) is 57.3 cm³/mol. The number of rotatable bonds is 2. The first kappa shape index (κ1) is 12.7. The van der Waals surface area contributed by atoms with E-state index in [0.717, 1.165) is 5.56 Å². The van der Waals surface area contributed by atoms with E-state index in [1.54, 1.807) is 31.2 Å². The highest BCUT2D eigenvalue weighted by atomic mass is 35.5. The number of halogens is 2. The monoisotopic (exact) mass is 221 g/mol. The summed E-state index contributed by atoms with van der Waals surface area (Å²) in [5, 5.41) is 10.2. The second-order valence-corrected chi connectivity index (χ2v) is 3.29. The van der Waals surface area contributed by atoms with Crippen molar-refractivity contribution in [1.82, 2.24) is 0 Å². The van der Waals surface area contributed by atoms with E-state index in [4.69, 9.17) is 17.3 Å². The molecule has 0 aliphatic heterocycles. The van der Waals surface area contributed by atoms with Crippen molar-refractivity contribution >= 4 is 24.0 Å². The van der Waals surface area contributed by atoms with Gasteiger partial charge in [0.05, 0.1) is 6.10 Å². The van der Waals surface area contributed by atoms with Crippen LogP contribution in [0.5, 0.6) is 0 Å². The fourth-order valence-electron chi connectivity index (χ4n) is 0.964. The van der Waals surface area contributed by atoms with E-state index in [0.29, 0.717) is 5.02 Å². The molecule has 0 fully saturated rings. The Morgan fingerprint density at radius 2 is 1.77 bits per heavy atom. The number of benzene rings is 1. The Bertz CT molecular complexity index is 248. The quantitative estimate of drug-likeness (QED) is 0.805. The summed E-state index contributed by atoms with van der Waals surface area (Å²) < 4.78 is 0. The Kier molecular flexibility index (Phi) is 5.33. The number of nitrogens with two attached hydrogens (primary N) is 1. The van der Waals surface area contributed by atoms with E-state index in [-0.39, 0.29) is 18.4 Å². The molecule has 0 amide bonds. The first-order valence-electron chi connectivity index (χ1n) is 3.80. The zero-order valence-electron chi connectivity index (χ0n) is 7.27. The number of hydrogen-bond acceptors (Lipinski definition) is 2. The molecule has 0 radical (unpaired) electrons. The summed E-state index contributed by atoms with van der Waals surface area (Å²) in [5.74, 6) is 0. The Hall–Kier alpha value is -0.280. The van der Waals surface area contributed by atoms with Crippen LogP contribution in [0.2, 0.25) is 5.02 Å². The van der Waals surface area contributed by atoms with Gasteiger partial charge in [0, 0.05) is 11.1 Å². The summed E-state index contributed by atoms with van der Waals surface area (Å²) in [6.45, 7) is 1.76. The van der Waals surface area contributed by atoms with Crippen molar-refractivity contribution in [3.05, 3.63) is 34.9 Å². The molecule has 74 valence electrons. The van der Waals surface area contributed by atoms with E-state index in [1.807, 2.05) is 0 Å². The standard InChI is InChI=1S/C9H12ClNO.ClH/c1-6(11)9(12)7-2-4-8(10)5-3-7;/h2-6,9,12H,11H2,1H3;1H/t6-,9+;/m0./s1. The summed E-state index contributed by atoms with van der Waals surface area (Å²) in [7, 11) is 0. The van der Waals surface area contributed by atoms with E-state index >= 15 is 0 Å². The average molecular weight is 222 g/mol. The highest BCUT2D eigenvalue weighted by molar-refractivity contribution is 6.30. The lowest BCUT2D eigenvalue weighted by molar-refractivity contribution is 0.153. The molecule has 1 rings (SSSR count). The molecule has 0 saturated carbocycles. The molecule has 0 aromatic heterocycles. The summed E-state index contributed by atoms with van der Waals surface area (Å²) >= 11 is 5.68. The molecule has 0 spiro atoms. The molecule has 13 heavy (non-hydrogen) atoms. The Morgan fingerprint density at radius 3 is 2.15 bits per heavy atom. The lowest BCUT2D eigenvalue weighted by Crippen LogP contribution is -2.24. The van der Waals surface area contributed by atoms with Gasteiger partial charge in [-0.2, -0.15) is 0 Å². The largest absolute Gasteiger partial charge is 0.387 e. The van der Waals surface area contributed by atoms with E-state index < -0.39 is 6.10 Å².